The van der Waals surface area contributed by atoms with Gasteiger partial charge in [-0.25, -0.2) is 9.97 Å². The van der Waals surface area contributed by atoms with Crippen molar-refractivity contribution in [3.05, 3.63) is 30.5 Å². The van der Waals surface area contributed by atoms with Gasteiger partial charge in [0.05, 0.1) is 11.9 Å². The highest BCUT2D eigenvalue weighted by Gasteiger charge is 2.33. The van der Waals surface area contributed by atoms with Crippen molar-refractivity contribution < 1.29 is 9.90 Å². The van der Waals surface area contributed by atoms with E-state index in [-0.39, 0.29) is 12.5 Å². The van der Waals surface area contributed by atoms with Crippen molar-refractivity contribution in [3.63, 3.8) is 0 Å². The van der Waals surface area contributed by atoms with Gasteiger partial charge in [-0.05, 0) is 24.8 Å². The van der Waals surface area contributed by atoms with Gasteiger partial charge in [0, 0.05) is 17.6 Å². The Morgan fingerprint density at radius 1 is 1.42 bits per heavy atom. The van der Waals surface area contributed by atoms with Gasteiger partial charge in [0.2, 0.25) is 5.95 Å². The molecule has 1 aliphatic rings. The number of hydrogen-bond donors (Lipinski definition) is 2. The van der Waals surface area contributed by atoms with Crippen molar-refractivity contribution in [1.29, 1.82) is 0 Å². The minimum Gasteiger partial charge on any atom is -0.481 e. The minimum atomic E-state index is -0.787. The molecule has 5 nitrogen and oxygen atoms in total. The first-order valence-corrected chi connectivity index (χ1v) is 6.42. The Morgan fingerprint density at radius 2 is 2.21 bits per heavy atom. The highest BCUT2D eigenvalue weighted by Crippen LogP contribution is 2.35. The lowest BCUT2D eigenvalue weighted by molar-refractivity contribution is -0.137. The molecule has 1 fully saturated rings. The van der Waals surface area contributed by atoms with E-state index in [1.807, 2.05) is 24.3 Å². The Labute approximate surface area is 110 Å². The highest BCUT2D eigenvalue weighted by atomic mass is 16.4. The topological polar surface area (TPSA) is 75.1 Å². The first-order valence-electron chi connectivity index (χ1n) is 6.42. The van der Waals surface area contributed by atoms with Crippen LogP contribution in [0.1, 0.15) is 19.3 Å². The molecule has 0 spiro atoms. The number of carbonyl (C=O) groups is 1. The molecular weight excluding hydrogens is 242 g/mol. The van der Waals surface area contributed by atoms with E-state index < -0.39 is 5.97 Å². The van der Waals surface area contributed by atoms with Gasteiger partial charge in [-0.3, -0.25) is 4.79 Å². The van der Waals surface area contributed by atoms with Gasteiger partial charge in [-0.2, -0.15) is 0 Å². The molecule has 0 saturated heterocycles. The third-order valence-electron chi connectivity index (χ3n) is 3.39. The average Bonchev–Trinajstić information content (AvgIpc) is 3.21. The minimum absolute atomic E-state index is 0.0707. The standard InChI is InChI=1S/C14H15N3O2/c18-13(19)7-12(9-5-6-9)17-14-15-8-10-3-1-2-4-11(10)16-14/h1-4,8-9,12H,5-7H2,(H,18,19)(H,15,16,17). The van der Waals surface area contributed by atoms with E-state index in [1.54, 1.807) is 6.20 Å². The highest BCUT2D eigenvalue weighted by molar-refractivity contribution is 5.78. The second kappa shape index (κ2) is 4.84. The first kappa shape index (κ1) is 11.9. The van der Waals surface area contributed by atoms with Crippen LogP contribution < -0.4 is 5.32 Å². The number of rotatable bonds is 5. The summed E-state index contributed by atoms with van der Waals surface area (Å²) >= 11 is 0. The van der Waals surface area contributed by atoms with Crippen LogP contribution in [0.15, 0.2) is 30.5 Å². The fourth-order valence-corrected chi connectivity index (χ4v) is 2.23. The SMILES string of the molecule is O=C(O)CC(Nc1ncc2ccccc2n1)C1CC1. The van der Waals surface area contributed by atoms with Crippen molar-refractivity contribution in [2.45, 2.75) is 25.3 Å². The zero-order chi connectivity index (χ0) is 13.2. The van der Waals surface area contributed by atoms with E-state index in [4.69, 9.17) is 5.11 Å². The summed E-state index contributed by atoms with van der Waals surface area (Å²) in [4.78, 5) is 19.5. The lowest BCUT2D eigenvalue weighted by Gasteiger charge is -2.16. The number of nitrogens with one attached hydrogen (secondary N) is 1. The molecule has 98 valence electrons. The van der Waals surface area contributed by atoms with E-state index >= 15 is 0 Å². The molecule has 1 aromatic heterocycles. The largest absolute Gasteiger partial charge is 0.481 e. The number of carboxylic acids is 1. The summed E-state index contributed by atoms with van der Waals surface area (Å²) in [5.74, 6) is 0.160. The van der Waals surface area contributed by atoms with Crippen LogP contribution >= 0.6 is 0 Å². The van der Waals surface area contributed by atoms with Crippen molar-refractivity contribution in [1.82, 2.24) is 9.97 Å². The predicted molar refractivity (Wildman–Crippen MR) is 71.9 cm³/mol. The molecule has 3 rings (SSSR count). The third-order valence-corrected chi connectivity index (χ3v) is 3.39. The number of para-hydroxylation sites is 1. The Kier molecular flexibility index (Phi) is 3.03. The molecule has 19 heavy (non-hydrogen) atoms. The summed E-state index contributed by atoms with van der Waals surface area (Å²) in [5.41, 5.74) is 0.866. The van der Waals surface area contributed by atoms with Crippen LogP contribution in [0, 0.1) is 5.92 Å². The summed E-state index contributed by atoms with van der Waals surface area (Å²) in [7, 11) is 0. The third kappa shape index (κ3) is 2.81. The quantitative estimate of drug-likeness (QED) is 0.859. The summed E-state index contributed by atoms with van der Waals surface area (Å²) in [6, 6.07) is 7.67. The first-order chi connectivity index (χ1) is 9.22. The Morgan fingerprint density at radius 3 is 2.95 bits per heavy atom. The van der Waals surface area contributed by atoms with E-state index in [0.717, 1.165) is 23.7 Å². The molecule has 0 bridgehead atoms. The second-order valence-electron chi connectivity index (χ2n) is 4.94. The van der Waals surface area contributed by atoms with E-state index in [2.05, 4.69) is 15.3 Å². The molecule has 0 radical (unpaired) electrons. The number of aromatic nitrogens is 2. The Balaban J connectivity index is 1.80. The molecule has 5 heteroatoms. The van der Waals surface area contributed by atoms with Gasteiger partial charge in [0.15, 0.2) is 0 Å². The van der Waals surface area contributed by atoms with Gasteiger partial charge in [0.25, 0.3) is 0 Å². The Bertz CT molecular complexity index is 610. The van der Waals surface area contributed by atoms with E-state index in [9.17, 15) is 4.79 Å². The molecule has 1 unspecified atom stereocenters. The molecule has 1 aliphatic carbocycles. The van der Waals surface area contributed by atoms with Gasteiger partial charge in [0.1, 0.15) is 0 Å². The Hall–Kier alpha value is -2.17. The van der Waals surface area contributed by atoms with Crippen LogP contribution in [-0.4, -0.2) is 27.1 Å². The summed E-state index contributed by atoms with van der Waals surface area (Å²) in [6.45, 7) is 0. The maximum absolute atomic E-state index is 10.9. The molecule has 2 N–H and O–H groups in total. The van der Waals surface area contributed by atoms with Crippen LogP contribution in [0.25, 0.3) is 10.9 Å². The fraction of sp³-hybridized carbons (Fsp3) is 0.357. The van der Waals surface area contributed by atoms with Crippen molar-refractivity contribution in [2.24, 2.45) is 5.92 Å². The number of hydrogen-bond acceptors (Lipinski definition) is 4. The van der Waals surface area contributed by atoms with Crippen LogP contribution in [0.2, 0.25) is 0 Å². The van der Waals surface area contributed by atoms with Crippen molar-refractivity contribution in [2.75, 3.05) is 5.32 Å². The molecule has 2 aromatic rings. The molecule has 1 atom stereocenters. The number of fused-ring (bicyclic) bond motifs is 1. The zero-order valence-electron chi connectivity index (χ0n) is 10.4. The van der Waals surface area contributed by atoms with Crippen LogP contribution in [0.4, 0.5) is 5.95 Å². The molecular formula is C14H15N3O2. The smallest absolute Gasteiger partial charge is 0.305 e. The van der Waals surface area contributed by atoms with Gasteiger partial charge < -0.3 is 10.4 Å². The maximum Gasteiger partial charge on any atom is 0.305 e. The summed E-state index contributed by atoms with van der Waals surface area (Å²) < 4.78 is 0. The van der Waals surface area contributed by atoms with Crippen molar-refractivity contribution in [3.8, 4) is 0 Å². The van der Waals surface area contributed by atoms with Gasteiger partial charge in [-0.15, -0.1) is 0 Å². The average molecular weight is 257 g/mol. The van der Waals surface area contributed by atoms with Crippen molar-refractivity contribution >= 4 is 22.8 Å². The van der Waals surface area contributed by atoms with E-state index in [0.29, 0.717) is 11.9 Å². The molecule has 1 saturated carbocycles. The van der Waals surface area contributed by atoms with Crippen LogP contribution in [0.5, 0.6) is 0 Å². The lowest BCUT2D eigenvalue weighted by Crippen LogP contribution is -2.26. The normalized spacial score (nSPS) is 16.2. The van der Waals surface area contributed by atoms with Gasteiger partial charge >= 0.3 is 5.97 Å². The second-order valence-corrected chi connectivity index (χ2v) is 4.94. The number of benzene rings is 1. The molecule has 1 heterocycles. The van der Waals surface area contributed by atoms with Crippen LogP contribution in [-0.2, 0) is 4.79 Å². The fourth-order valence-electron chi connectivity index (χ4n) is 2.23. The predicted octanol–water partition coefficient (Wildman–Crippen LogP) is 2.29. The number of nitrogens with zero attached hydrogens (tertiary/aromatic N) is 2. The zero-order valence-corrected chi connectivity index (χ0v) is 10.4. The van der Waals surface area contributed by atoms with Crippen LogP contribution in [0.3, 0.4) is 0 Å². The summed E-state index contributed by atoms with van der Waals surface area (Å²) in [5, 5.41) is 13.1. The molecule has 0 amide bonds. The molecule has 0 aliphatic heterocycles. The van der Waals surface area contributed by atoms with E-state index in [1.165, 1.54) is 0 Å². The monoisotopic (exact) mass is 257 g/mol. The maximum atomic E-state index is 10.9. The lowest BCUT2D eigenvalue weighted by atomic mass is 10.1. The number of carboxylic acid groups (broad SMARTS) is 1. The number of aliphatic carboxylic acids is 1. The van der Waals surface area contributed by atoms with Gasteiger partial charge in [-0.1, -0.05) is 18.2 Å². The number of anilines is 1. The molecule has 1 aromatic carbocycles. The summed E-state index contributed by atoms with van der Waals surface area (Å²) in [6.07, 6.45) is 4.04.